The molecule has 1 aromatic rings. The molecule has 1 rings (SSSR count). The fourth-order valence-corrected chi connectivity index (χ4v) is 0.671. The molecule has 0 aliphatic heterocycles. The molecule has 0 saturated heterocycles. The molecule has 0 radical (unpaired) electrons. The maximum Gasteiger partial charge on any atom is 0.142 e. The maximum atomic E-state index is 9.89. The highest BCUT2D eigenvalue weighted by Crippen LogP contribution is 2.03. The molecule has 1 N–H and O–H groups in total. The molecular weight excluding hydrogens is 128 g/mol. The smallest absolute Gasteiger partial charge is 0.142 e. The third-order valence-corrected chi connectivity index (χ3v) is 1.22. The zero-order valence-corrected chi connectivity index (χ0v) is 5.66. The van der Waals surface area contributed by atoms with Crippen LogP contribution in [0.15, 0.2) is 12.3 Å². The lowest BCUT2D eigenvalue weighted by Gasteiger charge is -1.83. The first-order chi connectivity index (χ1) is 4.84. The van der Waals surface area contributed by atoms with E-state index in [4.69, 9.17) is 0 Å². The predicted molar refractivity (Wildman–Crippen MR) is 38.4 cm³/mol. The Morgan fingerprint density at radius 2 is 2.50 bits per heavy atom. The molecule has 1 heterocycles. The molecular formula is C7H8N2O. The summed E-state index contributed by atoms with van der Waals surface area (Å²) in [4.78, 5) is 9.89. The summed E-state index contributed by atoms with van der Waals surface area (Å²) in [6.45, 7) is 1.90. The molecule has 3 nitrogen and oxygen atoms in total. The van der Waals surface area contributed by atoms with Crippen molar-refractivity contribution in [3.8, 4) is 0 Å². The Kier molecular flexibility index (Phi) is 1.99. The monoisotopic (exact) mass is 136 g/mol. The first kappa shape index (κ1) is 6.74. The molecule has 0 saturated carbocycles. The number of hydrogen-bond donors (Lipinski definition) is 1. The highest BCUT2D eigenvalue weighted by Gasteiger charge is 1.92. The summed E-state index contributed by atoms with van der Waals surface area (Å²) >= 11 is 0. The van der Waals surface area contributed by atoms with Gasteiger partial charge in [-0.1, -0.05) is 0 Å². The van der Waals surface area contributed by atoms with E-state index >= 15 is 0 Å². The average molecular weight is 136 g/mol. The topological polar surface area (TPSA) is 45.8 Å². The van der Waals surface area contributed by atoms with E-state index in [9.17, 15) is 4.79 Å². The van der Waals surface area contributed by atoms with Gasteiger partial charge in [-0.2, -0.15) is 5.10 Å². The highest BCUT2D eigenvalue weighted by molar-refractivity contribution is 5.74. The lowest BCUT2D eigenvalue weighted by Crippen LogP contribution is -1.73. The number of allylic oxidation sites excluding steroid dienone is 1. The van der Waals surface area contributed by atoms with Crippen molar-refractivity contribution in [1.82, 2.24) is 10.2 Å². The number of carbonyl (C=O) groups is 1. The van der Waals surface area contributed by atoms with Gasteiger partial charge in [0.1, 0.15) is 6.29 Å². The van der Waals surface area contributed by atoms with Crippen LogP contribution in [-0.4, -0.2) is 16.5 Å². The molecule has 0 unspecified atom stereocenters. The molecule has 1 aromatic heterocycles. The molecule has 0 fully saturated rings. The highest BCUT2D eigenvalue weighted by atomic mass is 16.1. The van der Waals surface area contributed by atoms with E-state index in [0.717, 1.165) is 17.5 Å². The van der Waals surface area contributed by atoms with Crippen LogP contribution in [0.3, 0.4) is 0 Å². The van der Waals surface area contributed by atoms with Crippen LogP contribution >= 0.6 is 0 Å². The summed E-state index contributed by atoms with van der Waals surface area (Å²) in [5, 5.41) is 6.54. The minimum absolute atomic E-state index is 0.742. The number of aryl methyl sites for hydroxylation is 1. The lowest BCUT2D eigenvalue weighted by atomic mass is 10.2. The summed E-state index contributed by atoms with van der Waals surface area (Å²) in [5.74, 6) is 0. The molecule has 0 spiro atoms. The van der Waals surface area contributed by atoms with Gasteiger partial charge in [0.2, 0.25) is 0 Å². The van der Waals surface area contributed by atoms with Crippen LogP contribution in [-0.2, 0) is 4.79 Å². The SMILES string of the molecule is Cc1[nH]ncc1C=CC=O. The quantitative estimate of drug-likeness (QED) is 0.485. The van der Waals surface area contributed by atoms with Crippen LogP contribution in [0.5, 0.6) is 0 Å². The van der Waals surface area contributed by atoms with Crippen molar-refractivity contribution in [2.45, 2.75) is 6.92 Å². The Labute approximate surface area is 58.8 Å². The number of carbonyl (C=O) groups excluding carboxylic acids is 1. The number of hydrogen-bond acceptors (Lipinski definition) is 2. The van der Waals surface area contributed by atoms with Crippen molar-refractivity contribution in [1.29, 1.82) is 0 Å². The number of nitrogens with zero attached hydrogens (tertiary/aromatic N) is 1. The standard InChI is InChI=1S/C7H8N2O/c1-6-7(3-2-4-10)5-8-9-6/h2-5H,1H3,(H,8,9). The van der Waals surface area contributed by atoms with E-state index in [2.05, 4.69) is 10.2 Å². The van der Waals surface area contributed by atoms with Gasteiger partial charge >= 0.3 is 0 Å². The van der Waals surface area contributed by atoms with Gasteiger partial charge < -0.3 is 0 Å². The zero-order valence-electron chi connectivity index (χ0n) is 5.66. The molecule has 0 atom stereocenters. The summed E-state index contributed by atoms with van der Waals surface area (Å²) < 4.78 is 0. The average Bonchev–Trinajstić information content (AvgIpc) is 2.31. The third kappa shape index (κ3) is 1.31. The molecule has 0 amide bonds. The second-order valence-electron chi connectivity index (χ2n) is 1.95. The minimum Gasteiger partial charge on any atom is -0.299 e. The van der Waals surface area contributed by atoms with Gasteiger partial charge in [0, 0.05) is 11.3 Å². The van der Waals surface area contributed by atoms with E-state index in [1.54, 1.807) is 12.3 Å². The first-order valence-electron chi connectivity index (χ1n) is 2.96. The third-order valence-electron chi connectivity index (χ3n) is 1.22. The van der Waals surface area contributed by atoms with Crippen LogP contribution in [0.1, 0.15) is 11.3 Å². The minimum atomic E-state index is 0.742. The summed E-state index contributed by atoms with van der Waals surface area (Å²) in [7, 11) is 0. The number of rotatable bonds is 2. The second kappa shape index (κ2) is 2.96. The fourth-order valence-electron chi connectivity index (χ4n) is 0.671. The Hall–Kier alpha value is -1.38. The summed E-state index contributed by atoms with van der Waals surface area (Å²) in [6, 6.07) is 0. The van der Waals surface area contributed by atoms with Crippen molar-refractivity contribution in [3.05, 3.63) is 23.5 Å². The molecule has 0 aliphatic carbocycles. The van der Waals surface area contributed by atoms with Gasteiger partial charge in [0.25, 0.3) is 0 Å². The maximum absolute atomic E-state index is 9.89. The van der Waals surface area contributed by atoms with Crippen molar-refractivity contribution in [3.63, 3.8) is 0 Å². The Morgan fingerprint density at radius 3 is 3.00 bits per heavy atom. The van der Waals surface area contributed by atoms with Gasteiger partial charge in [-0.25, -0.2) is 0 Å². The predicted octanol–water partition coefficient (Wildman–Crippen LogP) is 0.930. The van der Waals surface area contributed by atoms with Crippen LogP contribution in [0.4, 0.5) is 0 Å². The first-order valence-corrected chi connectivity index (χ1v) is 2.96. The number of aromatic amines is 1. The van der Waals surface area contributed by atoms with Crippen LogP contribution < -0.4 is 0 Å². The van der Waals surface area contributed by atoms with E-state index in [1.165, 1.54) is 6.08 Å². The van der Waals surface area contributed by atoms with Gasteiger partial charge in [0.15, 0.2) is 0 Å². The van der Waals surface area contributed by atoms with Gasteiger partial charge in [-0.3, -0.25) is 9.89 Å². The molecule has 3 heteroatoms. The summed E-state index contributed by atoms with van der Waals surface area (Å²) in [5.41, 5.74) is 1.92. The zero-order chi connectivity index (χ0) is 7.40. The van der Waals surface area contributed by atoms with Crippen LogP contribution in [0, 0.1) is 6.92 Å². The second-order valence-corrected chi connectivity index (χ2v) is 1.95. The normalized spacial score (nSPS) is 10.5. The molecule has 10 heavy (non-hydrogen) atoms. The van der Waals surface area contributed by atoms with E-state index < -0.39 is 0 Å². The van der Waals surface area contributed by atoms with Crippen molar-refractivity contribution in [2.24, 2.45) is 0 Å². The van der Waals surface area contributed by atoms with Crippen LogP contribution in [0.2, 0.25) is 0 Å². The number of H-pyrrole nitrogens is 1. The number of nitrogens with one attached hydrogen (secondary N) is 1. The molecule has 0 bridgehead atoms. The van der Waals surface area contributed by atoms with E-state index in [1.807, 2.05) is 6.92 Å². The largest absolute Gasteiger partial charge is 0.299 e. The Bertz CT molecular complexity index is 250. The van der Waals surface area contributed by atoms with Crippen molar-refractivity contribution < 1.29 is 4.79 Å². The van der Waals surface area contributed by atoms with Crippen molar-refractivity contribution >= 4 is 12.4 Å². The van der Waals surface area contributed by atoms with Crippen LogP contribution in [0.25, 0.3) is 6.08 Å². The fraction of sp³-hybridized carbons (Fsp3) is 0.143. The van der Waals surface area contributed by atoms with Gasteiger partial charge in [-0.15, -0.1) is 0 Å². The molecule has 52 valence electrons. The molecule has 0 aliphatic rings. The number of aromatic nitrogens is 2. The number of aldehydes is 1. The van der Waals surface area contributed by atoms with Gasteiger partial charge in [-0.05, 0) is 19.1 Å². The molecule has 0 aromatic carbocycles. The Morgan fingerprint density at radius 1 is 1.70 bits per heavy atom. The van der Waals surface area contributed by atoms with E-state index in [-0.39, 0.29) is 0 Å². The summed E-state index contributed by atoms with van der Waals surface area (Å²) in [6.07, 6.45) is 5.57. The van der Waals surface area contributed by atoms with E-state index in [0.29, 0.717) is 0 Å². The van der Waals surface area contributed by atoms with Crippen molar-refractivity contribution in [2.75, 3.05) is 0 Å². The van der Waals surface area contributed by atoms with Gasteiger partial charge in [0.05, 0.1) is 6.20 Å². The Balaban J connectivity index is 2.83. The lowest BCUT2D eigenvalue weighted by molar-refractivity contribution is -0.104.